The van der Waals surface area contributed by atoms with Gasteiger partial charge in [-0.2, -0.15) is 0 Å². The van der Waals surface area contributed by atoms with Gasteiger partial charge in [-0.15, -0.1) is 10.2 Å². The van der Waals surface area contributed by atoms with Crippen LogP contribution in [-0.2, 0) is 4.79 Å². The number of hydrogen-bond donors (Lipinski definition) is 2. The second-order valence-corrected chi connectivity index (χ2v) is 7.81. The summed E-state index contributed by atoms with van der Waals surface area (Å²) >= 11 is 0. The molecule has 1 aliphatic rings. The molecular formula is C24H25N5O2. The Bertz CT molecular complexity index is 1080. The second kappa shape index (κ2) is 8.95. The summed E-state index contributed by atoms with van der Waals surface area (Å²) < 4.78 is 0. The average Bonchev–Trinajstić information content (AvgIpc) is 2.80. The van der Waals surface area contributed by atoms with Gasteiger partial charge in [0.05, 0.1) is 11.6 Å². The van der Waals surface area contributed by atoms with Crippen LogP contribution in [0.1, 0.15) is 28.8 Å². The lowest BCUT2D eigenvalue weighted by Crippen LogP contribution is -2.41. The molecule has 1 saturated heterocycles. The zero-order valence-corrected chi connectivity index (χ0v) is 17.4. The summed E-state index contributed by atoms with van der Waals surface area (Å²) in [5, 5.41) is 11.8. The van der Waals surface area contributed by atoms with Gasteiger partial charge in [0, 0.05) is 29.9 Å². The van der Waals surface area contributed by atoms with Crippen molar-refractivity contribution in [2.24, 2.45) is 11.7 Å². The van der Waals surface area contributed by atoms with Crippen molar-refractivity contribution < 1.29 is 9.59 Å². The minimum atomic E-state index is -0.490. The molecule has 3 aromatic rings. The molecule has 4 rings (SSSR count). The highest BCUT2D eigenvalue weighted by molar-refractivity contribution is 5.95. The molecule has 0 radical (unpaired) electrons. The average molecular weight is 415 g/mol. The topological polar surface area (TPSA) is 101 Å². The molecule has 0 spiro atoms. The van der Waals surface area contributed by atoms with Crippen molar-refractivity contribution in [3.05, 3.63) is 71.8 Å². The first-order valence-electron chi connectivity index (χ1n) is 10.4. The molecule has 0 saturated carbocycles. The van der Waals surface area contributed by atoms with E-state index >= 15 is 0 Å². The van der Waals surface area contributed by atoms with Gasteiger partial charge in [-0.05, 0) is 61.7 Å². The fourth-order valence-electron chi connectivity index (χ4n) is 3.86. The van der Waals surface area contributed by atoms with Crippen LogP contribution < -0.4 is 16.0 Å². The Labute approximate surface area is 181 Å². The van der Waals surface area contributed by atoms with Crippen LogP contribution in [0.4, 0.5) is 11.5 Å². The van der Waals surface area contributed by atoms with Gasteiger partial charge in [0.15, 0.2) is 5.82 Å². The highest BCUT2D eigenvalue weighted by atomic mass is 16.2. The number of piperidine rings is 1. The van der Waals surface area contributed by atoms with Gasteiger partial charge < -0.3 is 16.0 Å². The molecule has 1 fully saturated rings. The molecular weight excluding hydrogens is 390 g/mol. The van der Waals surface area contributed by atoms with Crippen molar-refractivity contribution in [3.63, 3.8) is 0 Å². The summed E-state index contributed by atoms with van der Waals surface area (Å²) in [7, 11) is 0. The third kappa shape index (κ3) is 4.71. The minimum Gasteiger partial charge on any atom is -0.366 e. The molecule has 0 aliphatic carbocycles. The van der Waals surface area contributed by atoms with Crippen LogP contribution in [0.15, 0.2) is 60.7 Å². The fraction of sp³-hybridized carbons (Fsp3) is 0.250. The van der Waals surface area contributed by atoms with Crippen LogP contribution in [0.5, 0.6) is 0 Å². The van der Waals surface area contributed by atoms with E-state index in [1.807, 2.05) is 30.3 Å². The van der Waals surface area contributed by atoms with E-state index in [2.05, 4.69) is 33.4 Å². The molecule has 2 heterocycles. The van der Waals surface area contributed by atoms with Crippen LogP contribution in [0.25, 0.3) is 11.3 Å². The van der Waals surface area contributed by atoms with E-state index in [0.717, 1.165) is 42.0 Å². The minimum absolute atomic E-state index is 0.0407. The van der Waals surface area contributed by atoms with Gasteiger partial charge in [-0.1, -0.05) is 24.3 Å². The largest absolute Gasteiger partial charge is 0.366 e. The Hall–Kier alpha value is -3.74. The number of benzene rings is 2. The summed E-state index contributed by atoms with van der Waals surface area (Å²) in [5.41, 5.74) is 9.38. The summed E-state index contributed by atoms with van der Waals surface area (Å²) in [4.78, 5) is 26.1. The predicted octanol–water partition coefficient (Wildman–Crippen LogP) is 3.41. The van der Waals surface area contributed by atoms with Crippen LogP contribution in [0, 0.1) is 12.8 Å². The molecule has 1 atom stereocenters. The lowest BCUT2D eigenvalue weighted by Gasteiger charge is -2.32. The van der Waals surface area contributed by atoms with Gasteiger partial charge in [-0.25, -0.2) is 0 Å². The number of rotatable bonds is 5. The van der Waals surface area contributed by atoms with Gasteiger partial charge in [0.1, 0.15) is 0 Å². The van der Waals surface area contributed by atoms with Crippen molar-refractivity contribution in [2.45, 2.75) is 19.8 Å². The summed E-state index contributed by atoms with van der Waals surface area (Å²) in [5.74, 6) is 0.0967. The second-order valence-electron chi connectivity index (χ2n) is 7.81. The van der Waals surface area contributed by atoms with Gasteiger partial charge in [-0.3, -0.25) is 9.59 Å². The van der Waals surface area contributed by atoms with E-state index in [0.29, 0.717) is 17.8 Å². The number of amides is 2. The highest BCUT2D eigenvalue weighted by Crippen LogP contribution is 2.25. The smallest absolute Gasteiger partial charge is 0.248 e. The number of carbonyl (C=O) groups excluding carboxylic acids is 2. The Kier molecular flexibility index (Phi) is 5.93. The number of nitrogens with two attached hydrogens (primary N) is 1. The normalized spacial score (nSPS) is 16.0. The van der Waals surface area contributed by atoms with Crippen LogP contribution >= 0.6 is 0 Å². The molecule has 31 heavy (non-hydrogen) atoms. The first-order chi connectivity index (χ1) is 15.0. The summed E-state index contributed by atoms with van der Waals surface area (Å²) in [6.45, 7) is 3.49. The first kappa shape index (κ1) is 20.5. The molecule has 3 N–H and O–H groups in total. The molecule has 2 amide bonds. The van der Waals surface area contributed by atoms with Gasteiger partial charge >= 0.3 is 0 Å². The molecule has 158 valence electrons. The van der Waals surface area contributed by atoms with Crippen LogP contribution in [-0.4, -0.2) is 35.1 Å². The van der Waals surface area contributed by atoms with Crippen molar-refractivity contribution >= 4 is 23.3 Å². The van der Waals surface area contributed by atoms with Crippen molar-refractivity contribution in [1.29, 1.82) is 0 Å². The number of nitrogens with one attached hydrogen (secondary N) is 1. The molecule has 7 heteroatoms. The quantitative estimate of drug-likeness (QED) is 0.665. The molecule has 7 nitrogen and oxygen atoms in total. The van der Waals surface area contributed by atoms with E-state index in [4.69, 9.17) is 5.73 Å². The van der Waals surface area contributed by atoms with Crippen molar-refractivity contribution in [3.8, 4) is 11.3 Å². The van der Waals surface area contributed by atoms with E-state index in [9.17, 15) is 9.59 Å². The number of aromatic nitrogens is 2. The number of aryl methyl sites for hydroxylation is 1. The summed E-state index contributed by atoms with van der Waals surface area (Å²) in [6.07, 6.45) is 1.72. The maximum Gasteiger partial charge on any atom is 0.248 e. The van der Waals surface area contributed by atoms with Crippen molar-refractivity contribution in [1.82, 2.24) is 10.2 Å². The number of hydrogen-bond acceptors (Lipinski definition) is 5. The zero-order valence-electron chi connectivity index (χ0n) is 17.4. The Morgan fingerprint density at radius 3 is 2.48 bits per heavy atom. The maximum atomic E-state index is 12.8. The molecule has 1 unspecified atom stereocenters. The van der Waals surface area contributed by atoms with Crippen LogP contribution in [0.3, 0.4) is 0 Å². The van der Waals surface area contributed by atoms with Crippen LogP contribution in [0.2, 0.25) is 0 Å². The first-order valence-corrected chi connectivity index (χ1v) is 10.4. The maximum absolute atomic E-state index is 12.8. The van der Waals surface area contributed by atoms with E-state index in [1.165, 1.54) is 0 Å². The Morgan fingerprint density at radius 1 is 1.03 bits per heavy atom. The Balaban J connectivity index is 1.41. The third-order valence-electron chi connectivity index (χ3n) is 5.62. The summed E-state index contributed by atoms with van der Waals surface area (Å²) in [6, 6.07) is 18.6. The van der Waals surface area contributed by atoms with Gasteiger partial charge in [0.25, 0.3) is 0 Å². The lowest BCUT2D eigenvalue weighted by molar-refractivity contribution is -0.120. The highest BCUT2D eigenvalue weighted by Gasteiger charge is 2.27. The predicted molar refractivity (Wildman–Crippen MR) is 121 cm³/mol. The van der Waals surface area contributed by atoms with Crippen molar-refractivity contribution in [2.75, 3.05) is 23.3 Å². The zero-order chi connectivity index (χ0) is 21.8. The Morgan fingerprint density at radius 2 is 1.81 bits per heavy atom. The molecule has 0 bridgehead atoms. The lowest BCUT2D eigenvalue weighted by atomic mass is 9.97. The number of carbonyl (C=O) groups is 2. The van der Waals surface area contributed by atoms with E-state index in [-0.39, 0.29) is 11.8 Å². The third-order valence-corrected chi connectivity index (χ3v) is 5.62. The number of primary amides is 1. The van der Waals surface area contributed by atoms with E-state index in [1.54, 1.807) is 24.3 Å². The fourth-order valence-corrected chi connectivity index (χ4v) is 3.86. The molecule has 2 aromatic carbocycles. The van der Waals surface area contributed by atoms with Gasteiger partial charge in [0.2, 0.25) is 11.8 Å². The molecule has 1 aliphatic heterocycles. The monoisotopic (exact) mass is 415 g/mol. The number of nitrogens with zero attached hydrogens (tertiary/aromatic N) is 3. The standard InChI is InChI=1S/C24H25N5O2/c1-16-5-2-3-7-20(16)21-12-13-22(28-27-21)29-14-4-6-18(15-29)24(31)26-19-10-8-17(9-11-19)23(25)30/h2-3,5,7-13,18H,4,6,14-15H2,1H3,(H2,25,30)(H,26,31). The van der Waals surface area contributed by atoms with E-state index < -0.39 is 5.91 Å². The SMILES string of the molecule is Cc1ccccc1-c1ccc(N2CCCC(C(=O)Nc3ccc(C(N)=O)cc3)C2)nn1. The molecule has 1 aromatic heterocycles. The number of anilines is 2.